The van der Waals surface area contributed by atoms with Crippen LogP contribution >= 0.6 is 23.1 Å². The average Bonchev–Trinajstić information content (AvgIpc) is 3.32. The van der Waals surface area contributed by atoms with Gasteiger partial charge in [0.2, 0.25) is 17.7 Å². The summed E-state index contributed by atoms with van der Waals surface area (Å²) in [5.41, 5.74) is 4.44. The summed E-state index contributed by atoms with van der Waals surface area (Å²) >= 11 is 2.86. The average molecular weight is 480 g/mol. The summed E-state index contributed by atoms with van der Waals surface area (Å²) in [5, 5.41) is 2.96. The standard InChI is InChI=1S/C25H25N3O3S2/c1-14-7-9-19(15(2)11-14)26-22(29)13-32-25-27-20-10-8-16(12-21(20)33-25)28-23(30)17-5-3-4-6-18(17)24(28)31/h7-12,17-18H,3-6,13H2,1-2H3,(H,26,29)/t17-,18-/m0/s1. The lowest BCUT2D eigenvalue weighted by Crippen LogP contribution is -2.30. The van der Waals surface area contributed by atoms with Gasteiger partial charge in [0.1, 0.15) is 0 Å². The molecule has 2 heterocycles. The zero-order valence-electron chi connectivity index (χ0n) is 18.6. The molecular weight excluding hydrogens is 454 g/mol. The number of anilines is 2. The molecule has 6 nitrogen and oxygen atoms in total. The van der Waals surface area contributed by atoms with Gasteiger partial charge < -0.3 is 5.32 Å². The predicted octanol–water partition coefficient (Wildman–Crippen LogP) is 5.32. The van der Waals surface area contributed by atoms with E-state index in [9.17, 15) is 14.4 Å². The van der Waals surface area contributed by atoms with Crippen molar-refractivity contribution in [2.24, 2.45) is 11.8 Å². The maximum Gasteiger partial charge on any atom is 0.237 e. The van der Waals surface area contributed by atoms with E-state index >= 15 is 0 Å². The van der Waals surface area contributed by atoms with Crippen molar-refractivity contribution in [1.29, 1.82) is 0 Å². The second-order valence-corrected chi connectivity index (χ2v) is 11.0. The number of rotatable bonds is 5. The highest BCUT2D eigenvalue weighted by Gasteiger charge is 2.48. The highest BCUT2D eigenvalue weighted by atomic mass is 32.2. The molecular formula is C25H25N3O3S2. The van der Waals surface area contributed by atoms with Gasteiger partial charge in [-0.15, -0.1) is 11.3 Å². The van der Waals surface area contributed by atoms with Crippen LogP contribution in [0, 0.1) is 25.7 Å². The van der Waals surface area contributed by atoms with E-state index in [1.165, 1.54) is 28.0 Å². The van der Waals surface area contributed by atoms with Crippen molar-refractivity contribution < 1.29 is 14.4 Å². The van der Waals surface area contributed by atoms with Crippen LogP contribution in [0.25, 0.3) is 10.2 Å². The summed E-state index contributed by atoms with van der Waals surface area (Å²) in [6.07, 6.45) is 3.64. The van der Waals surface area contributed by atoms with Crippen LogP contribution in [0.1, 0.15) is 36.8 Å². The normalized spacial score (nSPS) is 20.4. The lowest BCUT2D eigenvalue weighted by atomic mass is 9.81. The largest absolute Gasteiger partial charge is 0.325 e. The lowest BCUT2D eigenvalue weighted by Gasteiger charge is -2.19. The minimum Gasteiger partial charge on any atom is -0.325 e. The topological polar surface area (TPSA) is 79.4 Å². The Morgan fingerprint density at radius 3 is 2.52 bits per heavy atom. The molecule has 2 atom stereocenters. The molecule has 1 N–H and O–H groups in total. The fourth-order valence-electron chi connectivity index (χ4n) is 4.78. The second kappa shape index (κ2) is 8.91. The zero-order valence-corrected chi connectivity index (χ0v) is 20.2. The smallest absolute Gasteiger partial charge is 0.237 e. The van der Waals surface area contributed by atoms with Gasteiger partial charge in [-0.3, -0.25) is 19.3 Å². The van der Waals surface area contributed by atoms with E-state index in [2.05, 4.69) is 10.3 Å². The van der Waals surface area contributed by atoms with Crippen LogP contribution in [0.15, 0.2) is 40.7 Å². The summed E-state index contributed by atoms with van der Waals surface area (Å²) in [7, 11) is 0. The Bertz CT molecular complexity index is 1250. The molecule has 1 aliphatic carbocycles. The second-order valence-electron chi connectivity index (χ2n) is 8.80. The third-order valence-corrected chi connectivity index (χ3v) is 8.60. The first-order valence-electron chi connectivity index (χ1n) is 11.2. The Morgan fingerprint density at radius 2 is 1.82 bits per heavy atom. The van der Waals surface area contributed by atoms with Gasteiger partial charge in [0.25, 0.3) is 0 Å². The summed E-state index contributed by atoms with van der Waals surface area (Å²) in [6.45, 7) is 4.00. The Hall–Kier alpha value is -2.71. The number of nitrogens with one attached hydrogen (secondary N) is 1. The highest BCUT2D eigenvalue weighted by Crippen LogP contribution is 2.41. The summed E-state index contributed by atoms with van der Waals surface area (Å²) < 4.78 is 1.69. The quantitative estimate of drug-likeness (QED) is 0.396. The maximum atomic E-state index is 12.9. The molecule has 170 valence electrons. The van der Waals surface area contributed by atoms with Crippen LogP contribution in [0.5, 0.6) is 0 Å². The van der Waals surface area contributed by atoms with E-state index in [1.807, 2.05) is 44.2 Å². The van der Waals surface area contributed by atoms with Crippen molar-refractivity contribution in [2.75, 3.05) is 16.0 Å². The third kappa shape index (κ3) is 4.29. The molecule has 1 saturated carbocycles. The molecule has 1 aliphatic heterocycles. The van der Waals surface area contributed by atoms with Crippen LogP contribution in [0.4, 0.5) is 11.4 Å². The number of benzene rings is 2. The molecule has 2 aromatic carbocycles. The zero-order chi connectivity index (χ0) is 23.1. The Morgan fingerprint density at radius 1 is 1.09 bits per heavy atom. The first kappa shape index (κ1) is 22.1. The van der Waals surface area contributed by atoms with Crippen molar-refractivity contribution in [2.45, 2.75) is 43.9 Å². The van der Waals surface area contributed by atoms with Gasteiger partial charge in [-0.2, -0.15) is 0 Å². The molecule has 3 amide bonds. The fourth-order valence-corrected chi connectivity index (χ4v) is 6.68. The molecule has 5 rings (SSSR count). The Balaban J connectivity index is 1.28. The number of amides is 3. The van der Waals surface area contributed by atoms with Crippen LogP contribution < -0.4 is 10.2 Å². The molecule has 1 saturated heterocycles. The summed E-state index contributed by atoms with van der Waals surface area (Å²) in [6, 6.07) is 11.5. The van der Waals surface area contributed by atoms with Crippen molar-refractivity contribution >= 4 is 62.4 Å². The lowest BCUT2D eigenvalue weighted by molar-refractivity contribution is -0.122. The molecule has 3 aromatic rings. The van der Waals surface area contributed by atoms with Crippen LogP contribution in [0.3, 0.4) is 0 Å². The number of carbonyl (C=O) groups is 3. The number of aryl methyl sites for hydroxylation is 2. The minimum absolute atomic E-state index is 0.0637. The number of thiazole rings is 1. The molecule has 33 heavy (non-hydrogen) atoms. The Kier molecular flexibility index (Phi) is 5.97. The van der Waals surface area contributed by atoms with Gasteiger partial charge >= 0.3 is 0 Å². The maximum absolute atomic E-state index is 12.9. The van der Waals surface area contributed by atoms with Crippen molar-refractivity contribution in [3.05, 3.63) is 47.5 Å². The fraction of sp³-hybridized carbons (Fsp3) is 0.360. The number of imide groups is 1. The van der Waals surface area contributed by atoms with E-state index in [-0.39, 0.29) is 35.3 Å². The van der Waals surface area contributed by atoms with Gasteiger partial charge in [-0.1, -0.05) is 42.3 Å². The third-order valence-electron chi connectivity index (χ3n) is 6.43. The van der Waals surface area contributed by atoms with Crippen molar-refractivity contribution in [3.8, 4) is 0 Å². The molecule has 1 aromatic heterocycles. The number of fused-ring (bicyclic) bond motifs is 2. The minimum atomic E-state index is -0.162. The molecule has 2 fully saturated rings. The molecule has 8 heteroatoms. The number of aromatic nitrogens is 1. The van der Waals surface area contributed by atoms with E-state index < -0.39 is 0 Å². The van der Waals surface area contributed by atoms with Crippen molar-refractivity contribution in [3.63, 3.8) is 0 Å². The highest BCUT2D eigenvalue weighted by molar-refractivity contribution is 8.01. The Labute approximate surface area is 200 Å². The SMILES string of the molecule is Cc1ccc(NC(=O)CSc2nc3ccc(N4C(=O)[C@H]5CCCC[C@@H]5C4=O)cc3s2)c(C)c1. The van der Waals surface area contributed by atoms with Gasteiger partial charge in [0.15, 0.2) is 4.34 Å². The summed E-state index contributed by atoms with van der Waals surface area (Å²) in [5.74, 6) is -0.275. The summed E-state index contributed by atoms with van der Waals surface area (Å²) in [4.78, 5) is 44.2. The molecule has 0 unspecified atom stereocenters. The van der Waals surface area contributed by atoms with Crippen LogP contribution in [0.2, 0.25) is 0 Å². The molecule has 2 aliphatic rings. The van der Waals surface area contributed by atoms with Gasteiger partial charge in [-0.05, 0) is 56.5 Å². The van der Waals surface area contributed by atoms with E-state index in [0.717, 1.165) is 57.1 Å². The van der Waals surface area contributed by atoms with Crippen molar-refractivity contribution in [1.82, 2.24) is 4.98 Å². The predicted molar refractivity (Wildman–Crippen MR) is 133 cm³/mol. The number of hydrogen-bond donors (Lipinski definition) is 1. The van der Waals surface area contributed by atoms with Gasteiger partial charge in [-0.25, -0.2) is 4.98 Å². The van der Waals surface area contributed by atoms with Crippen LogP contribution in [-0.2, 0) is 14.4 Å². The number of nitrogens with zero attached hydrogens (tertiary/aromatic N) is 2. The number of thioether (sulfide) groups is 1. The van der Waals surface area contributed by atoms with E-state index in [0.29, 0.717) is 5.69 Å². The van der Waals surface area contributed by atoms with Gasteiger partial charge in [0, 0.05) is 5.69 Å². The molecule has 0 spiro atoms. The number of carbonyl (C=O) groups excluding carboxylic acids is 3. The molecule has 0 bridgehead atoms. The van der Waals surface area contributed by atoms with E-state index in [4.69, 9.17) is 0 Å². The molecule has 0 radical (unpaired) electrons. The monoisotopic (exact) mass is 479 g/mol. The first-order chi connectivity index (χ1) is 15.9. The number of hydrogen-bond acceptors (Lipinski definition) is 6. The first-order valence-corrected chi connectivity index (χ1v) is 13.0. The van der Waals surface area contributed by atoms with Gasteiger partial charge in [0.05, 0.1) is 33.5 Å². The van der Waals surface area contributed by atoms with E-state index in [1.54, 1.807) is 6.07 Å². The van der Waals surface area contributed by atoms with Crippen LogP contribution in [-0.4, -0.2) is 28.5 Å².